The molecule has 0 aliphatic rings. The number of carbonyl (C=O) groups excluding carboxylic acids is 3. The third-order valence-corrected chi connectivity index (χ3v) is 11.7. The first kappa shape index (κ1) is 61.9. The zero-order valence-corrected chi connectivity index (χ0v) is 42.7. The lowest BCUT2D eigenvalue weighted by molar-refractivity contribution is -0.166. The largest absolute Gasteiger partial charge is 0.462 e. The van der Waals surface area contributed by atoms with Crippen molar-refractivity contribution in [2.75, 3.05) is 13.2 Å². The van der Waals surface area contributed by atoms with Crippen LogP contribution in [-0.4, -0.2) is 37.2 Å². The number of hydrogen-bond donors (Lipinski definition) is 0. The van der Waals surface area contributed by atoms with Gasteiger partial charge < -0.3 is 14.2 Å². The van der Waals surface area contributed by atoms with Crippen molar-refractivity contribution >= 4 is 17.9 Å². The Labute approximate surface area is 402 Å². The number of unbranched alkanes of at least 4 members (excludes halogenated alkanes) is 26. The Kier molecular flexibility index (Phi) is 50.9. The molecule has 0 aromatic rings. The first-order chi connectivity index (χ1) is 32.0. The molecule has 0 aliphatic heterocycles. The fourth-order valence-electron chi connectivity index (χ4n) is 7.54. The number of rotatable bonds is 49. The van der Waals surface area contributed by atoms with Gasteiger partial charge >= 0.3 is 17.9 Å². The zero-order chi connectivity index (χ0) is 47.2. The molecule has 65 heavy (non-hydrogen) atoms. The van der Waals surface area contributed by atoms with Gasteiger partial charge in [-0.1, -0.05) is 235 Å². The SMILES string of the molecule is CCCCC/C=C\C/C=C\C/C=C\C/C=C\C/C=C\CCC(=O)OC[C@H](COC(=O)CCCCCCC/C=C\CCCCCCCC)OC(=O)CCCCCCCCCCCCCCC. The van der Waals surface area contributed by atoms with Gasteiger partial charge in [-0.05, 0) is 83.5 Å². The fraction of sp³-hybridized carbons (Fsp3) is 0.746. The zero-order valence-electron chi connectivity index (χ0n) is 42.7. The van der Waals surface area contributed by atoms with Gasteiger partial charge in [-0.15, -0.1) is 0 Å². The van der Waals surface area contributed by atoms with Crippen LogP contribution in [0, 0.1) is 0 Å². The second-order valence-electron chi connectivity index (χ2n) is 18.1. The molecule has 1 atom stereocenters. The third kappa shape index (κ3) is 51.7. The normalized spacial score (nSPS) is 12.6. The Balaban J connectivity index is 4.48. The summed E-state index contributed by atoms with van der Waals surface area (Å²) in [6.07, 6.45) is 67.5. The summed E-state index contributed by atoms with van der Waals surface area (Å²) < 4.78 is 16.8. The van der Waals surface area contributed by atoms with Crippen molar-refractivity contribution in [1.82, 2.24) is 0 Å². The summed E-state index contributed by atoms with van der Waals surface area (Å²) in [4.78, 5) is 38.0. The molecule has 0 N–H and O–H groups in total. The van der Waals surface area contributed by atoms with E-state index in [0.717, 1.165) is 70.6 Å². The van der Waals surface area contributed by atoms with E-state index in [0.29, 0.717) is 19.3 Å². The van der Waals surface area contributed by atoms with Crippen LogP contribution in [0.4, 0.5) is 0 Å². The van der Waals surface area contributed by atoms with E-state index in [1.165, 1.54) is 148 Å². The predicted molar refractivity (Wildman–Crippen MR) is 279 cm³/mol. The predicted octanol–water partition coefficient (Wildman–Crippen LogP) is 18.2. The second kappa shape index (κ2) is 53.5. The number of allylic oxidation sites excluding steroid dienone is 12. The van der Waals surface area contributed by atoms with Gasteiger partial charge in [0.05, 0.1) is 0 Å². The maximum Gasteiger partial charge on any atom is 0.306 e. The Bertz CT molecular complexity index is 1230. The van der Waals surface area contributed by atoms with Gasteiger partial charge in [-0.2, -0.15) is 0 Å². The van der Waals surface area contributed by atoms with Crippen LogP contribution in [0.2, 0.25) is 0 Å². The minimum absolute atomic E-state index is 0.101. The molecule has 0 rings (SSSR count). The first-order valence-electron chi connectivity index (χ1n) is 27.4. The second-order valence-corrected chi connectivity index (χ2v) is 18.1. The molecule has 0 radical (unpaired) electrons. The minimum atomic E-state index is -0.806. The van der Waals surface area contributed by atoms with Gasteiger partial charge in [0.25, 0.3) is 0 Å². The average Bonchev–Trinajstić information content (AvgIpc) is 3.30. The fourth-order valence-corrected chi connectivity index (χ4v) is 7.54. The van der Waals surface area contributed by atoms with Crippen LogP contribution in [0.5, 0.6) is 0 Å². The van der Waals surface area contributed by atoms with Crippen LogP contribution >= 0.6 is 0 Å². The van der Waals surface area contributed by atoms with Gasteiger partial charge in [-0.3, -0.25) is 14.4 Å². The summed E-state index contributed by atoms with van der Waals surface area (Å²) in [5.74, 6) is -0.988. The lowest BCUT2D eigenvalue weighted by atomic mass is 10.0. The first-order valence-corrected chi connectivity index (χ1v) is 27.4. The minimum Gasteiger partial charge on any atom is -0.462 e. The molecule has 0 saturated heterocycles. The molecule has 0 saturated carbocycles. The van der Waals surface area contributed by atoms with Gasteiger partial charge in [0.2, 0.25) is 0 Å². The molecular formula is C59H102O6. The smallest absolute Gasteiger partial charge is 0.306 e. The van der Waals surface area contributed by atoms with Gasteiger partial charge in [0, 0.05) is 19.3 Å². The van der Waals surface area contributed by atoms with E-state index < -0.39 is 6.10 Å². The van der Waals surface area contributed by atoms with Crippen molar-refractivity contribution in [3.8, 4) is 0 Å². The van der Waals surface area contributed by atoms with Crippen molar-refractivity contribution in [2.24, 2.45) is 0 Å². The summed E-state index contributed by atoms with van der Waals surface area (Å²) in [7, 11) is 0. The molecule has 0 spiro atoms. The van der Waals surface area contributed by atoms with Crippen molar-refractivity contribution in [2.45, 2.75) is 271 Å². The number of hydrogen-bond acceptors (Lipinski definition) is 6. The van der Waals surface area contributed by atoms with Gasteiger partial charge in [0.15, 0.2) is 6.10 Å². The van der Waals surface area contributed by atoms with Gasteiger partial charge in [0.1, 0.15) is 13.2 Å². The molecule has 0 aromatic carbocycles. The maximum absolute atomic E-state index is 12.8. The molecule has 0 aliphatic carbocycles. The monoisotopic (exact) mass is 907 g/mol. The van der Waals surface area contributed by atoms with E-state index in [1.54, 1.807) is 0 Å². The van der Waals surface area contributed by atoms with Crippen molar-refractivity contribution in [3.05, 3.63) is 72.9 Å². The maximum atomic E-state index is 12.8. The Hall–Kier alpha value is -3.15. The molecule has 0 unspecified atom stereocenters. The summed E-state index contributed by atoms with van der Waals surface area (Å²) in [6, 6.07) is 0. The number of carbonyl (C=O) groups is 3. The molecule has 6 nitrogen and oxygen atoms in total. The van der Waals surface area contributed by atoms with E-state index >= 15 is 0 Å². The van der Waals surface area contributed by atoms with E-state index in [4.69, 9.17) is 14.2 Å². The molecule has 374 valence electrons. The molecule has 0 bridgehead atoms. The van der Waals surface area contributed by atoms with E-state index in [1.807, 2.05) is 6.08 Å². The summed E-state index contributed by atoms with van der Waals surface area (Å²) in [6.45, 7) is 6.54. The molecule has 0 fully saturated rings. The topological polar surface area (TPSA) is 78.9 Å². The van der Waals surface area contributed by atoms with Crippen molar-refractivity contribution in [3.63, 3.8) is 0 Å². The van der Waals surface area contributed by atoms with E-state index in [9.17, 15) is 14.4 Å². The molecule has 0 heterocycles. The van der Waals surface area contributed by atoms with Crippen LogP contribution < -0.4 is 0 Å². The Morgan fingerprint density at radius 2 is 0.585 bits per heavy atom. The highest BCUT2D eigenvalue weighted by atomic mass is 16.6. The highest BCUT2D eigenvalue weighted by Crippen LogP contribution is 2.15. The van der Waals surface area contributed by atoms with E-state index in [-0.39, 0.29) is 37.5 Å². The third-order valence-electron chi connectivity index (χ3n) is 11.7. The summed E-state index contributed by atoms with van der Waals surface area (Å²) in [5.41, 5.74) is 0. The van der Waals surface area contributed by atoms with Crippen molar-refractivity contribution < 1.29 is 28.6 Å². The van der Waals surface area contributed by atoms with Crippen LogP contribution in [0.15, 0.2) is 72.9 Å². The molecule has 0 amide bonds. The lowest BCUT2D eigenvalue weighted by Crippen LogP contribution is -2.30. The Morgan fingerprint density at radius 3 is 1.00 bits per heavy atom. The van der Waals surface area contributed by atoms with Crippen LogP contribution in [0.25, 0.3) is 0 Å². The van der Waals surface area contributed by atoms with Crippen LogP contribution in [0.3, 0.4) is 0 Å². The van der Waals surface area contributed by atoms with Gasteiger partial charge in [-0.25, -0.2) is 0 Å². The highest BCUT2D eigenvalue weighted by Gasteiger charge is 2.19. The molecular weight excluding hydrogens is 805 g/mol. The number of ether oxygens (including phenoxy) is 3. The average molecular weight is 907 g/mol. The molecule has 6 heteroatoms. The quantitative estimate of drug-likeness (QED) is 0.0262. The van der Waals surface area contributed by atoms with Crippen molar-refractivity contribution in [1.29, 1.82) is 0 Å². The van der Waals surface area contributed by atoms with Crippen LogP contribution in [0.1, 0.15) is 265 Å². The van der Waals surface area contributed by atoms with E-state index in [2.05, 4.69) is 87.6 Å². The molecule has 0 aromatic heterocycles. The standard InChI is InChI=1S/C59H102O6/c1-4-7-10-13-16-19-22-25-27-28-29-30-32-35-37-40-43-46-49-52-58(61)64-55-56(65-59(62)53-50-47-44-41-38-33-24-21-18-15-12-9-6-3)54-63-57(60)51-48-45-42-39-36-34-31-26-23-20-17-14-11-8-5-2/h16,19,25-27,29-31,35,37,43,46,56H,4-15,17-18,20-24,28,32-34,36,38-42,44-45,47-55H2,1-3H3/b19-16-,27-25-,30-29-,31-26-,37-35-,46-43-/t56-/m0/s1. The lowest BCUT2D eigenvalue weighted by Gasteiger charge is -2.18. The highest BCUT2D eigenvalue weighted by molar-refractivity contribution is 5.71. The Morgan fingerprint density at radius 1 is 0.308 bits per heavy atom. The summed E-state index contributed by atoms with van der Waals surface area (Å²) >= 11 is 0. The number of esters is 3. The van der Waals surface area contributed by atoms with Crippen LogP contribution in [-0.2, 0) is 28.6 Å². The summed E-state index contributed by atoms with van der Waals surface area (Å²) in [5, 5.41) is 0.